The predicted molar refractivity (Wildman–Crippen MR) is 128 cm³/mol. The number of ether oxygens (including phenoxy) is 5. The fourth-order valence-corrected chi connectivity index (χ4v) is 3.50. The fraction of sp³-hybridized carbons (Fsp3) is 0.462. The molecule has 0 aliphatic carbocycles. The van der Waals surface area contributed by atoms with E-state index in [-0.39, 0.29) is 29.5 Å². The summed E-state index contributed by atoms with van der Waals surface area (Å²) >= 11 is 0. The predicted octanol–water partition coefficient (Wildman–Crippen LogP) is 4.25. The summed E-state index contributed by atoms with van der Waals surface area (Å²) < 4.78 is 26.4. The lowest BCUT2D eigenvalue weighted by molar-refractivity contribution is -0.153. The van der Waals surface area contributed by atoms with E-state index in [0.717, 1.165) is 16.9 Å². The highest BCUT2D eigenvalue weighted by Crippen LogP contribution is 2.32. The van der Waals surface area contributed by atoms with Gasteiger partial charge in [-0.1, -0.05) is 19.9 Å². The monoisotopic (exact) mass is 487 g/mol. The molecule has 35 heavy (non-hydrogen) atoms. The molecule has 9 heteroatoms. The van der Waals surface area contributed by atoms with E-state index in [0.29, 0.717) is 0 Å². The second-order valence-corrected chi connectivity index (χ2v) is 8.27. The van der Waals surface area contributed by atoms with E-state index in [1.165, 1.54) is 26.3 Å². The Kier molecular flexibility index (Phi) is 10.1. The number of pyridine rings is 1. The molecule has 3 atom stereocenters. The molecule has 0 aliphatic heterocycles. The Morgan fingerprint density at radius 1 is 1.03 bits per heavy atom. The molecule has 2 rings (SSSR count). The van der Waals surface area contributed by atoms with Gasteiger partial charge in [-0.2, -0.15) is 0 Å². The lowest BCUT2D eigenvalue weighted by atomic mass is 9.92. The Labute approximate surface area is 205 Å². The summed E-state index contributed by atoms with van der Waals surface area (Å²) in [4.78, 5) is 40.9. The molecule has 0 bridgehead atoms. The van der Waals surface area contributed by atoms with Gasteiger partial charge in [0.05, 0.1) is 20.1 Å². The van der Waals surface area contributed by atoms with Gasteiger partial charge < -0.3 is 23.7 Å². The van der Waals surface area contributed by atoms with Gasteiger partial charge >= 0.3 is 11.9 Å². The third-order valence-electron chi connectivity index (χ3n) is 5.69. The van der Waals surface area contributed by atoms with Crippen LogP contribution in [0.25, 0.3) is 0 Å². The first-order valence-corrected chi connectivity index (χ1v) is 11.3. The second-order valence-electron chi connectivity index (χ2n) is 8.27. The van der Waals surface area contributed by atoms with Crippen LogP contribution in [0.1, 0.15) is 61.6 Å². The Hall–Kier alpha value is -3.62. The molecule has 0 radical (unpaired) electrons. The van der Waals surface area contributed by atoms with E-state index < -0.39 is 36.5 Å². The molecule has 0 aliphatic rings. The van der Waals surface area contributed by atoms with Crippen LogP contribution >= 0.6 is 0 Å². The Morgan fingerprint density at radius 3 is 2.34 bits per heavy atom. The Balaban J connectivity index is 2.07. The minimum Gasteiger partial charge on any atom is -0.497 e. The summed E-state index contributed by atoms with van der Waals surface area (Å²) in [5.74, 6) is -1.19. The van der Waals surface area contributed by atoms with E-state index in [1.807, 2.05) is 39.0 Å². The van der Waals surface area contributed by atoms with Crippen molar-refractivity contribution in [2.75, 3.05) is 21.0 Å². The summed E-state index contributed by atoms with van der Waals surface area (Å²) in [5.41, 5.74) is 2.06. The van der Waals surface area contributed by atoms with Crippen molar-refractivity contribution < 1.29 is 38.1 Å². The van der Waals surface area contributed by atoms with Crippen molar-refractivity contribution in [1.29, 1.82) is 0 Å². The standard InChI is InChI=1S/C26H33NO8/c1-15-12-20(31-6)8-9-21(15)17(3)18(4)35-26(30)16(2)13-22(29)24-25(34-14-33-19(5)28)23(32-7)10-11-27-24/h8-12,16-18H,13-14H2,1-7H3/t16-,17+,18-/m1/s1. The third kappa shape index (κ3) is 7.43. The number of aryl methyl sites for hydroxylation is 1. The van der Waals surface area contributed by atoms with Crippen LogP contribution in [0.4, 0.5) is 0 Å². The topological polar surface area (TPSA) is 110 Å². The molecule has 1 aromatic carbocycles. The van der Waals surface area contributed by atoms with E-state index in [9.17, 15) is 14.4 Å². The zero-order valence-corrected chi connectivity index (χ0v) is 21.2. The molecule has 0 fully saturated rings. The lowest BCUT2D eigenvalue weighted by Crippen LogP contribution is -2.26. The number of ketones is 1. The van der Waals surface area contributed by atoms with Gasteiger partial charge in [-0.3, -0.25) is 14.4 Å². The molecule has 0 saturated heterocycles. The highest BCUT2D eigenvalue weighted by Gasteiger charge is 2.27. The third-order valence-corrected chi connectivity index (χ3v) is 5.69. The summed E-state index contributed by atoms with van der Waals surface area (Å²) in [6, 6.07) is 7.28. The molecular formula is C26H33NO8. The van der Waals surface area contributed by atoms with E-state index in [2.05, 4.69) is 4.98 Å². The van der Waals surface area contributed by atoms with Gasteiger partial charge in [-0.05, 0) is 37.1 Å². The van der Waals surface area contributed by atoms with Crippen LogP contribution in [0.2, 0.25) is 0 Å². The molecule has 0 saturated carbocycles. The number of hydrogen-bond acceptors (Lipinski definition) is 9. The minimum atomic E-state index is -0.719. The van der Waals surface area contributed by atoms with Crippen molar-refractivity contribution in [3.05, 3.63) is 47.3 Å². The highest BCUT2D eigenvalue weighted by atomic mass is 16.7. The molecule has 0 amide bonds. The summed E-state index contributed by atoms with van der Waals surface area (Å²) in [5, 5.41) is 0. The van der Waals surface area contributed by atoms with E-state index >= 15 is 0 Å². The number of nitrogens with zero attached hydrogens (tertiary/aromatic N) is 1. The quantitative estimate of drug-likeness (QED) is 0.246. The molecule has 0 N–H and O–H groups in total. The summed E-state index contributed by atoms with van der Waals surface area (Å²) in [6.07, 6.45) is 0.838. The first-order valence-electron chi connectivity index (χ1n) is 11.3. The van der Waals surface area contributed by atoms with Crippen LogP contribution in [0, 0.1) is 12.8 Å². The highest BCUT2D eigenvalue weighted by molar-refractivity contribution is 5.99. The van der Waals surface area contributed by atoms with Crippen molar-refractivity contribution in [2.45, 2.75) is 53.1 Å². The molecule has 2 aromatic rings. The number of rotatable bonds is 12. The lowest BCUT2D eigenvalue weighted by Gasteiger charge is -2.24. The molecule has 1 heterocycles. The molecular weight excluding hydrogens is 454 g/mol. The van der Waals surface area contributed by atoms with Crippen LogP contribution in [0.3, 0.4) is 0 Å². The van der Waals surface area contributed by atoms with Gasteiger partial charge in [0.15, 0.2) is 23.0 Å². The van der Waals surface area contributed by atoms with Crippen LogP contribution in [-0.2, 0) is 19.1 Å². The number of methoxy groups -OCH3 is 2. The van der Waals surface area contributed by atoms with Gasteiger partial charge in [-0.15, -0.1) is 0 Å². The van der Waals surface area contributed by atoms with Crippen molar-refractivity contribution in [1.82, 2.24) is 4.98 Å². The van der Waals surface area contributed by atoms with E-state index in [1.54, 1.807) is 14.0 Å². The number of benzene rings is 1. The SMILES string of the molecule is COc1ccc([C@@H](C)[C@@H](C)OC(=O)[C@H](C)CC(=O)c2nccc(OC)c2OCOC(C)=O)c(C)c1. The van der Waals surface area contributed by atoms with Gasteiger partial charge in [-0.25, -0.2) is 4.98 Å². The van der Waals surface area contributed by atoms with Crippen LogP contribution in [0.15, 0.2) is 30.5 Å². The molecule has 0 spiro atoms. The number of hydrogen-bond donors (Lipinski definition) is 0. The number of aromatic nitrogens is 1. The maximum Gasteiger partial charge on any atom is 0.309 e. The molecule has 190 valence electrons. The average Bonchev–Trinajstić information content (AvgIpc) is 2.82. The zero-order valence-electron chi connectivity index (χ0n) is 21.2. The normalized spacial score (nSPS) is 13.2. The largest absolute Gasteiger partial charge is 0.497 e. The van der Waals surface area contributed by atoms with Gasteiger partial charge in [0, 0.05) is 31.5 Å². The Bertz CT molecular complexity index is 1050. The summed E-state index contributed by atoms with van der Waals surface area (Å²) in [6.45, 7) is 8.24. The number of carbonyl (C=O) groups excluding carboxylic acids is 3. The van der Waals surface area contributed by atoms with Crippen molar-refractivity contribution in [3.63, 3.8) is 0 Å². The van der Waals surface area contributed by atoms with Crippen molar-refractivity contribution in [3.8, 4) is 17.2 Å². The first-order chi connectivity index (χ1) is 16.6. The van der Waals surface area contributed by atoms with Crippen LogP contribution < -0.4 is 14.2 Å². The fourth-order valence-electron chi connectivity index (χ4n) is 3.50. The average molecular weight is 488 g/mol. The maximum absolute atomic E-state index is 13.0. The maximum atomic E-state index is 13.0. The van der Waals surface area contributed by atoms with Crippen molar-refractivity contribution in [2.24, 2.45) is 5.92 Å². The number of esters is 2. The number of carbonyl (C=O) groups is 3. The first kappa shape index (κ1) is 27.6. The molecule has 1 aromatic heterocycles. The van der Waals surface area contributed by atoms with E-state index in [4.69, 9.17) is 23.7 Å². The second kappa shape index (κ2) is 12.7. The van der Waals surface area contributed by atoms with Crippen LogP contribution in [-0.4, -0.2) is 49.8 Å². The van der Waals surface area contributed by atoms with Gasteiger partial charge in [0.25, 0.3) is 0 Å². The zero-order chi connectivity index (χ0) is 26.1. The molecule has 9 nitrogen and oxygen atoms in total. The Morgan fingerprint density at radius 2 is 1.74 bits per heavy atom. The smallest absolute Gasteiger partial charge is 0.309 e. The number of Topliss-reactive ketones (excluding diaryl/α,β-unsaturated/α-hetero) is 1. The summed E-state index contributed by atoms with van der Waals surface area (Å²) in [7, 11) is 3.02. The molecule has 0 unspecified atom stereocenters. The van der Waals surface area contributed by atoms with Gasteiger partial charge in [0.1, 0.15) is 11.9 Å². The van der Waals surface area contributed by atoms with Crippen molar-refractivity contribution >= 4 is 17.7 Å². The minimum absolute atomic E-state index is 0.0218. The van der Waals surface area contributed by atoms with Crippen LogP contribution in [0.5, 0.6) is 17.2 Å². The van der Waals surface area contributed by atoms with Gasteiger partial charge in [0.2, 0.25) is 6.79 Å².